The van der Waals surface area contributed by atoms with Crippen molar-refractivity contribution in [2.75, 3.05) is 0 Å². The highest BCUT2D eigenvalue weighted by Crippen LogP contribution is 2.17. The highest BCUT2D eigenvalue weighted by molar-refractivity contribution is 5.95. The van der Waals surface area contributed by atoms with Gasteiger partial charge in [-0.3, -0.25) is 9.59 Å². The lowest BCUT2D eigenvalue weighted by molar-refractivity contribution is 0.0929. The van der Waals surface area contributed by atoms with Gasteiger partial charge in [0.15, 0.2) is 0 Å². The van der Waals surface area contributed by atoms with Crippen LogP contribution >= 0.6 is 0 Å². The number of carbonyl (C=O) groups excluding carboxylic acids is 2. The maximum absolute atomic E-state index is 12.4. The zero-order chi connectivity index (χ0) is 18.2. The zero-order valence-electron chi connectivity index (χ0n) is 15.0. The van der Waals surface area contributed by atoms with Crippen LogP contribution in [-0.4, -0.2) is 17.9 Å². The molecule has 2 aromatic rings. The first-order chi connectivity index (χ1) is 12.7. The lowest BCUT2D eigenvalue weighted by Crippen LogP contribution is -2.34. The minimum atomic E-state index is -0.0965. The summed E-state index contributed by atoms with van der Waals surface area (Å²) in [6, 6.07) is 16.9. The van der Waals surface area contributed by atoms with Gasteiger partial charge in [0.1, 0.15) is 0 Å². The van der Waals surface area contributed by atoms with Gasteiger partial charge in [0, 0.05) is 23.7 Å². The largest absolute Gasteiger partial charge is 0.349 e. The van der Waals surface area contributed by atoms with Crippen LogP contribution in [0.5, 0.6) is 0 Å². The highest BCUT2D eigenvalue weighted by Gasteiger charge is 2.15. The SMILES string of the molecule is O=C(NCc1ccc(C(=O)NC2CCCCCC2)cc1)c1ccccc1. The quantitative estimate of drug-likeness (QED) is 0.799. The van der Waals surface area contributed by atoms with Crippen molar-refractivity contribution in [1.29, 1.82) is 0 Å². The van der Waals surface area contributed by atoms with Crippen molar-refractivity contribution >= 4 is 11.8 Å². The summed E-state index contributed by atoms with van der Waals surface area (Å²) >= 11 is 0. The first-order valence-corrected chi connectivity index (χ1v) is 9.45. The van der Waals surface area contributed by atoms with E-state index >= 15 is 0 Å². The standard InChI is InChI=1S/C22H26N2O2/c25-21(18-8-4-3-5-9-18)23-16-17-12-14-19(15-13-17)22(26)24-20-10-6-1-2-7-11-20/h3-5,8-9,12-15,20H,1-2,6-7,10-11,16H2,(H,23,25)(H,24,26). The summed E-state index contributed by atoms with van der Waals surface area (Å²) in [5.41, 5.74) is 2.29. The number of rotatable bonds is 5. The Bertz CT molecular complexity index is 718. The summed E-state index contributed by atoms with van der Waals surface area (Å²) < 4.78 is 0. The van der Waals surface area contributed by atoms with Gasteiger partial charge in [0.2, 0.25) is 0 Å². The Balaban J connectivity index is 1.51. The van der Waals surface area contributed by atoms with E-state index in [1.165, 1.54) is 25.7 Å². The van der Waals surface area contributed by atoms with Gasteiger partial charge in [-0.05, 0) is 42.7 Å². The van der Waals surface area contributed by atoms with Crippen molar-refractivity contribution in [3.8, 4) is 0 Å². The maximum atomic E-state index is 12.4. The molecule has 0 heterocycles. The molecule has 1 aliphatic carbocycles. The Hall–Kier alpha value is -2.62. The Labute approximate surface area is 155 Å². The number of amides is 2. The topological polar surface area (TPSA) is 58.2 Å². The minimum absolute atomic E-state index is 0.00299. The molecule has 1 fully saturated rings. The van der Waals surface area contributed by atoms with E-state index in [2.05, 4.69) is 10.6 Å². The van der Waals surface area contributed by atoms with Crippen molar-refractivity contribution in [3.05, 3.63) is 71.3 Å². The lowest BCUT2D eigenvalue weighted by Gasteiger charge is -2.16. The lowest BCUT2D eigenvalue weighted by atomic mass is 10.1. The molecular formula is C22H26N2O2. The molecule has 0 aliphatic heterocycles. The first-order valence-electron chi connectivity index (χ1n) is 9.45. The van der Waals surface area contributed by atoms with E-state index in [9.17, 15) is 9.59 Å². The molecule has 0 atom stereocenters. The summed E-state index contributed by atoms with van der Waals surface area (Å²) in [6.07, 6.45) is 7.10. The van der Waals surface area contributed by atoms with Crippen LogP contribution in [0, 0.1) is 0 Å². The monoisotopic (exact) mass is 350 g/mol. The van der Waals surface area contributed by atoms with Crippen LogP contribution in [0.2, 0.25) is 0 Å². The third-order valence-electron chi connectivity index (χ3n) is 4.90. The van der Waals surface area contributed by atoms with Crippen molar-refractivity contribution < 1.29 is 9.59 Å². The van der Waals surface area contributed by atoms with Crippen LogP contribution in [0.25, 0.3) is 0 Å². The van der Waals surface area contributed by atoms with Crippen LogP contribution in [0.15, 0.2) is 54.6 Å². The number of carbonyl (C=O) groups is 2. The number of nitrogens with one attached hydrogen (secondary N) is 2. The number of hydrogen-bond donors (Lipinski definition) is 2. The summed E-state index contributed by atoms with van der Waals surface area (Å²) in [5, 5.41) is 6.05. The predicted octanol–water partition coefficient (Wildman–Crippen LogP) is 4.07. The molecular weight excluding hydrogens is 324 g/mol. The van der Waals surface area contributed by atoms with E-state index in [1.54, 1.807) is 12.1 Å². The Kier molecular flexibility index (Phi) is 6.42. The molecule has 0 unspecified atom stereocenters. The van der Waals surface area contributed by atoms with Crippen LogP contribution in [0.3, 0.4) is 0 Å². The second-order valence-electron chi connectivity index (χ2n) is 6.91. The molecule has 0 aromatic heterocycles. The van der Waals surface area contributed by atoms with Gasteiger partial charge in [-0.25, -0.2) is 0 Å². The van der Waals surface area contributed by atoms with Crippen molar-refractivity contribution in [3.63, 3.8) is 0 Å². The van der Waals surface area contributed by atoms with Crippen LogP contribution in [-0.2, 0) is 6.54 Å². The van der Waals surface area contributed by atoms with Crippen molar-refractivity contribution in [1.82, 2.24) is 10.6 Å². The average molecular weight is 350 g/mol. The zero-order valence-corrected chi connectivity index (χ0v) is 15.0. The predicted molar refractivity (Wildman–Crippen MR) is 103 cm³/mol. The molecule has 1 saturated carbocycles. The Morgan fingerprint density at radius 3 is 2.04 bits per heavy atom. The first kappa shape index (κ1) is 18.2. The van der Waals surface area contributed by atoms with E-state index in [0.29, 0.717) is 23.7 Å². The molecule has 4 heteroatoms. The average Bonchev–Trinajstić information content (AvgIpc) is 2.96. The fraction of sp³-hybridized carbons (Fsp3) is 0.364. The Morgan fingerprint density at radius 2 is 1.38 bits per heavy atom. The molecule has 136 valence electrons. The summed E-state index contributed by atoms with van der Waals surface area (Å²) in [7, 11) is 0. The highest BCUT2D eigenvalue weighted by atomic mass is 16.2. The molecule has 26 heavy (non-hydrogen) atoms. The summed E-state index contributed by atoms with van der Waals surface area (Å²) in [4.78, 5) is 24.5. The van der Waals surface area contributed by atoms with E-state index < -0.39 is 0 Å². The van der Waals surface area contributed by atoms with E-state index in [-0.39, 0.29) is 11.8 Å². The molecule has 0 saturated heterocycles. The molecule has 0 bridgehead atoms. The van der Waals surface area contributed by atoms with Crippen LogP contribution in [0.1, 0.15) is 64.8 Å². The van der Waals surface area contributed by atoms with Crippen molar-refractivity contribution in [2.45, 2.75) is 51.1 Å². The van der Waals surface area contributed by atoms with E-state index in [1.807, 2.05) is 42.5 Å². The summed E-state index contributed by atoms with van der Waals surface area (Å²) in [5.74, 6) is -0.0995. The molecule has 0 radical (unpaired) electrons. The number of hydrogen-bond acceptors (Lipinski definition) is 2. The van der Waals surface area contributed by atoms with Gasteiger partial charge in [0.05, 0.1) is 0 Å². The van der Waals surface area contributed by atoms with Gasteiger partial charge in [-0.15, -0.1) is 0 Å². The van der Waals surface area contributed by atoms with Gasteiger partial charge < -0.3 is 10.6 Å². The third-order valence-corrected chi connectivity index (χ3v) is 4.90. The van der Waals surface area contributed by atoms with Gasteiger partial charge >= 0.3 is 0 Å². The number of benzene rings is 2. The van der Waals surface area contributed by atoms with E-state index in [0.717, 1.165) is 18.4 Å². The Morgan fingerprint density at radius 1 is 0.769 bits per heavy atom. The molecule has 4 nitrogen and oxygen atoms in total. The molecule has 2 N–H and O–H groups in total. The smallest absolute Gasteiger partial charge is 0.251 e. The van der Waals surface area contributed by atoms with Gasteiger partial charge in [0.25, 0.3) is 11.8 Å². The second kappa shape index (κ2) is 9.18. The van der Waals surface area contributed by atoms with Crippen molar-refractivity contribution in [2.24, 2.45) is 0 Å². The molecule has 0 spiro atoms. The van der Waals surface area contributed by atoms with E-state index in [4.69, 9.17) is 0 Å². The molecule has 2 amide bonds. The van der Waals surface area contributed by atoms with Gasteiger partial charge in [-0.1, -0.05) is 56.0 Å². The third kappa shape index (κ3) is 5.19. The molecule has 1 aliphatic rings. The second-order valence-corrected chi connectivity index (χ2v) is 6.91. The normalized spacial score (nSPS) is 15.1. The van der Waals surface area contributed by atoms with Gasteiger partial charge in [-0.2, -0.15) is 0 Å². The van der Waals surface area contributed by atoms with Crippen LogP contribution < -0.4 is 10.6 Å². The molecule has 2 aromatic carbocycles. The minimum Gasteiger partial charge on any atom is -0.349 e. The summed E-state index contributed by atoms with van der Waals surface area (Å²) in [6.45, 7) is 0.443. The fourth-order valence-electron chi connectivity index (χ4n) is 3.34. The van der Waals surface area contributed by atoms with Crippen LogP contribution in [0.4, 0.5) is 0 Å². The maximum Gasteiger partial charge on any atom is 0.251 e. The fourth-order valence-corrected chi connectivity index (χ4v) is 3.34. The molecule has 3 rings (SSSR count).